The Hall–Kier alpha value is 0.0500. The van der Waals surface area contributed by atoms with E-state index in [0.29, 0.717) is 33.7 Å². The quantitative estimate of drug-likeness (QED) is 0.804. The second-order valence-electron chi connectivity index (χ2n) is 5.54. The van der Waals surface area contributed by atoms with Gasteiger partial charge in [-0.15, -0.1) is 11.3 Å². The van der Waals surface area contributed by atoms with E-state index >= 15 is 0 Å². The molecular weight excluding hydrogens is 372 g/mol. The van der Waals surface area contributed by atoms with Crippen LogP contribution in [0.4, 0.5) is 0 Å². The molecule has 4 nitrogen and oxygen atoms in total. The maximum absolute atomic E-state index is 12.6. The van der Waals surface area contributed by atoms with Crippen molar-refractivity contribution in [3.63, 3.8) is 0 Å². The van der Waals surface area contributed by atoms with Gasteiger partial charge in [-0.1, -0.05) is 6.92 Å². The predicted octanol–water partition coefficient (Wildman–Crippen LogP) is 3.30. The predicted molar refractivity (Wildman–Crippen MR) is 91.3 cm³/mol. The van der Waals surface area contributed by atoms with Gasteiger partial charge in [0, 0.05) is 23.6 Å². The molecule has 21 heavy (non-hydrogen) atoms. The monoisotopic (exact) mass is 394 g/mol. The summed E-state index contributed by atoms with van der Waals surface area (Å²) >= 11 is 4.61. The Morgan fingerprint density at radius 3 is 2.67 bits per heavy atom. The lowest BCUT2D eigenvalue weighted by atomic mass is 9.91. The van der Waals surface area contributed by atoms with E-state index in [2.05, 4.69) is 35.1 Å². The number of sulfonamides is 1. The largest absolute Gasteiger partial charge is 0.314 e. The van der Waals surface area contributed by atoms with E-state index in [0.717, 1.165) is 25.8 Å². The average molecular weight is 395 g/mol. The molecule has 1 aromatic rings. The fraction of sp³-hybridized carbons (Fsp3) is 0.714. The van der Waals surface area contributed by atoms with Gasteiger partial charge in [-0.05, 0) is 66.0 Å². The topological polar surface area (TPSA) is 49.4 Å². The molecule has 2 rings (SSSR count). The number of hydrogen-bond donors (Lipinski definition) is 1. The van der Waals surface area contributed by atoms with Crippen molar-refractivity contribution in [3.05, 3.63) is 15.9 Å². The van der Waals surface area contributed by atoms with E-state index in [4.69, 9.17) is 0 Å². The highest BCUT2D eigenvalue weighted by molar-refractivity contribution is 9.10. The van der Waals surface area contributed by atoms with Gasteiger partial charge in [0.25, 0.3) is 10.0 Å². The normalized spacial score (nSPS) is 19.8. The van der Waals surface area contributed by atoms with E-state index in [1.807, 2.05) is 0 Å². The summed E-state index contributed by atoms with van der Waals surface area (Å²) in [5.74, 6) is 0.565. The van der Waals surface area contributed by atoms with Crippen molar-refractivity contribution >= 4 is 37.3 Å². The molecule has 1 atom stereocenters. The summed E-state index contributed by atoms with van der Waals surface area (Å²) in [4.78, 5) is 0. The highest BCUT2D eigenvalue weighted by Crippen LogP contribution is 2.32. The molecule has 1 unspecified atom stereocenters. The Morgan fingerprint density at radius 1 is 1.48 bits per heavy atom. The van der Waals surface area contributed by atoms with Crippen molar-refractivity contribution < 1.29 is 8.42 Å². The van der Waals surface area contributed by atoms with Crippen LogP contribution in [0.25, 0.3) is 0 Å². The molecule has 0 amide bonds. The molecule has 2 heterocycles. The van der Waals surface area contributed by atoms with Crippen molar-refractivity contribution in [2.45, 2.75) is 43.4 Å². The van der Waals surface area contributed by atoms with Crippen LogP contribution in [-0.2, 0) is 10.0 Å². The lowest BCUT2D eigenvalue weighted by Gasteiger charge is -2.34. The highest BCUT2D eigenvalue weighted by atomic mass is 79.9. The molecule has 1 aromatic heterocycles. The third-order valence-corrected chi connectivity index (χ3v) is 8.63. The van der Waals surface area contributed by atoms with Crippen LogP contribution in [0.3, 0.4) is 0 Å². The van der Waals surface area contributed by atoms with Gasteiger partial charge in [0.15, 0.2) is 0 Å². The van der Waals surface area contributed by atoms with Gasteiger partial charge in [0.05, 0.1) is 0 Å². The molecule has 1 saturated heterocycles. The SMILES string of the molecule is CCCNC(C)C1CCN(S(=O)(=O)c2sccc2Br)CC1. The van der Waals surface area contributed by atoms with Crippen LogP contribution in [-0.4, -0.2) is 38.4 Å². The van der Waals surface area contributed by atoms with E-state index in [-0.39, 0.29) is 0 Å². The molecule has 1 N–H and O–H groups in total. The zero-order valence-electron chi connectivity index (χ0n) is 12.5. The van der Waals surface area contributed by atoms with Gasteiger partial charge in [-0.3, -0.25) is 0 Å². The second-order valence-corrected chi connectivity index (χ2v) is 9.44. The Morgan fingerprint density at radius 2 is 2.14 bits per heavy atom. The minimum absolute atomic E-state index is 0.429. The summed E-state index contributed by atoms with van der Waals surface area (Å²) in [5.41, 5.74) is 0. The summed E-state index contributed by atoms with van der Waals surface area (Å²) in [6.07, 6.45) is 2.99. The Kier molecular flexibility index (Phi) is 6.25. The van der Waals surface area contributed by atoms with Crippen molar-refractivity contribution in [1.29, 1.82) is 0 Å². The van der Waals surface area contributed by atoms with Gasteiger partial charge in [-0.25, -0.2) is 8.42 Å². The van der Waals surface area contributed by atoms with Crippen molar-refractivity contribution in [2.24, 2.45) is 5.92 Å². The van der Waals surface area contributed by atoms with Crippen molar-refractivity contribution in [1.82, 2.24) is 9.62 Å². The minimum Gasteiger partial charge on any atom is -0.314 e. The molecule has 0 aliphatic carbocycles. The maximum Gasteiger partial charge on any atom is 0.253 e. The molecule has 0 spiro atoms. The van der Waals surface area contributed by atoms with Crippen LogP contribution in [0.1, 0.15) is 33.1 Å². The molecule has 1 aliphatic rings. The lowest BCUT2D eigenvalue weighted by molar-refractivity contribution is 0.231. The van der Waals surface area contributed by atoms with Crippen molar-refractivity contribution in [2.75, 3.05) is 19.6 Å². The smallest absolute Gasteiger partial charge is 0.253 e. The van der Waals surface area contributed by atoms with E-state index < -0.39 is 10.0 Å². The summed E-state index contributed by atoms with van der Waals surface area (Å²) in [7, 11) is -3.33. The van der Waals surface area contributed by atoms with Gasteiger partial charge in [0.1, 0.15) is 4.21 Å². The van der Waals surface area contributed by atoms with Gasteiger partial charge < -0.3 is 5.32 Å². The number of thiophene rings is 1. The third-order valence-electron chi connectivity index (χ3n) is 4.08. The molecule has 7 heteroatoms. The molecule has 1 fully saturated rings. The first-order valence-corrected chi connectivity index (χ1v) is 10.5. The summed E-state index contributed by atoms with van der Waals surface area (Å²) in [6, 6.07) is 2.25. The first-order valence-electron chi connectivity index (χ1n) is 7.43. The van der Waals surface area contributed by atoms with Crippen LogP contribution >= 0.6 is 27.3 Å². The number of nitrogens with one attached hydrogen (secondary N) is 1. The minimum atomic E-state index is -3.33. The number of piperidine rings is 1. The van der Waals surface area contributed by atoms with E-state index in [9.17, 15) is 8.42 Å². The summed E-state index contributed by atoms with van der Waals surface area (Å²) < 4.78 is 28.0. The molecule has 0 radical (unpaired) electrons. The molecule has 0 aromatic carbocycles. The van der Waals surface area contributed by atoms with Gasteiger partial charge in [0.2, 0.25) is 0 Å². The number of hydrogen-bond acceptors (Lipinski definition) is 4. The summed E-state index contributed by atoms with van der Waals surface area (Å²) in [6.45, 7) is 6.64. The fourth-order valence-corrected chi connectivity index (χ4v) is 6.66. The summed E-state index contributed by atoms with van der Waals surface area (Å²) in [5, 5.41) is 5.32. The molecule has 1 aliphatic heterocycles. The Labute approximate surface area is 140 Å². The van der Waals surface area contributed by atoms with Crippen molar-refractivity contribution in [3.8, 4) is 0 Å². The Bertz CT molecular complexity index is 551. The van der Waals surface area contributed by atoms with Gasteiger partial charge in [-0.2, -0.15) is 4.31 Å². The zero-order chi connectivity index (χ0) is 15.5. The van der Waals surface area contributed by atoms with E-state index in [1.165, 1.54) is 11.3 Å². The van der Waals surface area contributed by atoms with Crippen LogP contribution in [0.5, 0.6) is 0 Å². The first kappa shape index (κ1) is 17.4. The standard InChI is InChI=1S/C14H23BrN2O2S2/c1-3-7-16-11(2)12-4-8-17(9-5-12)21(18,19)14-13(15)6-10-20-14/h6,10-12,16H,3-5,7-9H2,1-2H3. The van der Waals surface area contributed by atoms with Crippen LogP contribution in [0, 0.1) is 5.92 Å². The molecule has 120 valence electrons. The first-order chi connectivity index (χ1) is 9.96. The molecule has 0 bridgehead atoms. The van der Waals surface area contributed by atoms with Gasteiger partial charge >= 0.3 is 0 Å². The number of rotatable bonds is 6. The molecule has 0 saturated carbocycles. The van der Waals surface area contributed by atoms with Crippen LogP contribution in [0.15, 0.2) is 20.1 Å². The van der Waals surface area contributed by atoms with Crippen LogP contribution < -0.4 is 5.32 Å². The molecular formula is C14H23BrN2O2S2. The van der Waals surface area contributed by atoms with E-state index in [1.54, 1.807) is 15.8 Å². The second kappa shape index (κ2) is 7.55. The highest BCUT2D eigenvalue weighted by Gasteiger charge is 2.32. The number of halogens is 1. The average Bonchev–Trinajstić information content (AvgIpc) is 2.92. The Balaban J connectivity index is 1.96. The third kappa shape index (κ3) is 4.07. The number of nitrogens with zero attached hydrogens (tertiary/aromatic N) is 1. The van der Waals surface area contributed by atoms with Crippen LogP contribution in [0.2, 0.25) is 0 Å². The fourth-order valence-electron chi connectivity index (χ4n) is 2.74. The zero-order valence-corrected chi connectivity index (χ0v) is 15.7. The maximum atomic E-state index is 12.6. The lowest BCUT2D eigenvalue weighted by Crippen LogP contribution is -2.44.